The fourth-order valence-corrected chi connectivity index (χ4v) is 2.35. The number of thioether (sulfide) groups is 1. The molecule has 0 aliphatic carbocycles. The van der Waals surface area contributed by atoms with Gasteiger partial charge in [0.1, 0.15) is 0 Å². The van der Waals surface area contributed by atoms with Gasteiger partial charge in [0.05, 0.1) is 11.1 Å². The molecule has 1 aromatic rings. The summed E-state index contributed by atoms with van der Waals surface area (Å²) in [5, 5.41) is 3.43. The molecule has 1 aromatic carbocycles. The van der Waals surface area contributed by atoms with Crippen LogP contribution >= 0.6 is 35.8 Å². The van der Waals surface area contributed by atoms with Crippen molar-refractivity contribution < 1.29 is 4.79 Å². The van der Waals surface area contributed by atoms with Gasteiger partial charge in [-0.15, -0.1) is 24.2 Å². The molecule has 3 nitrogen and oxygen atoms in total. The third-order valence-corrected chi connectivity index (χ3v) is 4.20. The molecule has 0 aliphatic heterocycles. The predicted molar refractivity (Wildman–Crippen MR) is 86.5 cm³/mol. The lowest BCUT2D eigenvalue weighted by Crippen LogP contribution is -2.40. The van der Waals surface area contributed by atoms with Crippen molar-refractivity contribution in [3.63, 3.8) is 0 Å². The number of benzene rings is 1. The SMILES string of the molecule is CCC(C)C(N)C(=O)Nc1ccc(SC)c(Cl)c1.Cl. The number of hydrogen-bond donors (Lipinski definition) is 2. The van der Waals surface area contributed by atoms with Gasteiger partial charge in [0, 0.05) is 10.6 Å². The first-order valence-corrected chi connectivity index (χ1v) is 7.49. The zero-order valence-electron chi connectivity index (χ0n) is 11.3. The molecule has 6 heteroatoms. The average Bonchev–Trinajstić information content (AvgIpc) is 2.37. The smallest absolute Gasteiger partial charge is 0.241 e. The van der Waals surface area contributed by atoms with Crippen molar-refractivity contribution in [1.82, 2.24) is 0 Å². The van der Waals surface area contributed by atoms with Crippen LogP contribution < -0.4 is 11.1 Å². The molecule has 0 saturated heterocycles. The van der Waals surface area contributed by atoms with Gasteiger partial charge in [0.2, 0.25) is 5.91 Å². The van der Waals surface area contributed by atoms with Gasteiger partial charge >= 0.3 is 0 Å². The first-order chi connectivity index (χ1) is 8.49. The van der Waals surface area contributed by atoms with Crippen LogP contribution in [0.5, 0.6) is 0 Å². The molecule has 0 fully saturated rings. The fourth-order valence-electron chi connectivity index (χ4n) is 1.48. The first-order valence-electron chi connectivity index (χ1n) is 5.89. The molecule has 2 unspecified atom stereocenters. The highest BCUT2D eigenvalue weighted by Gasteiger charge is 2.19. The van der Waals surface area contributed by atoms with Crippen LogP contribution in [0.15, 0.2) is 23.1 Å². The molecule has 3 N–H and O–H groups in total. The van der Waals surface area contributed by atoms with E-state index in [-0.39, 0.29) is 24.2 Å². The van der Waals surface area contributed by atoms with Gasteiger partial charge in [-0.1, -0.05) is 31.9 Å². The Morgan fingerprint density at radius 2 is 2.16 bits per heavy atom. The van der Waals surface area contributed by atoms with Crippen LogP contribution in [-0.2, 0) is 4.79 Å². The average molecular weight is 323 g/mol. The minimum atomic E-state index is -0.492. The molecular formula is C13H20Cl2N2OS. The Bertz CT molecular complexity index is 429. The number of hydrogen-bond acceptors (Lipinski definition) is 3. The van der Waals surface area contributed by atoms with E-state index >= 15 is 0 Å². The summed E-state index contributed by atoms with van der Waals surface area (Å²) in [6.07, 6.45) is 2.83. The van der Waals surface area contributed by atoms with Gasteiger partial charge in [-0.25, -0.2) is 0 Å². The first kappa shape index (κ1) is 18.6. The fraction of sp³-hybridized carbons (Fsp3) is 0.462. The lowest BCUT2D eigenvalue weighted by Gasteiger charge is -2.18. The minimum Gasteiger partial charge on any atom is -0.325 e. The number of rotatable bonds is 5. The van der Waals surface area contributed by atoms with Gasteiger partial charge in [-0.3, -0.25) is 4.79 Å². The third-order valence-electron chi connectivity index (χ3n) is 2.98. The molecule has 0 saturated carbocycles. The molecule has 0 aromatic heterocycles. The number of nitrogens with one attached hydrogen (secondary N) is 1. The van der Waals surface area contributed by atoms with Gasteiger partial charge in [-0.2, -0.15) is 0 Å². The number of carbonyl (C=O) groups is 1. The Hall–Kier alpha value is -0.420. The van der Waals surface area contributed by atoms with Crippen LogP contribution in [0.1, 0.15) is 20.3 Å². The molecule has 0 spiro atoms. The van der Waals surface area contributed by atoms with Crippen molar-refractivity contribution >= 4 is 47.4 Å². The zero-order chi connectivity index (χ0) is 13.7. The zero-order valence-corrected chi connectivity index (χ0v) is 13.7. The quantitative estimate of drug-likeness (QED) is 0.811. The van der Waals surface area contributed by atoms with Crippen molar-refractivity contribution in [2.45, 2.75) is 31.2 Å². The molecule has 19 heavy (non-hydrogen) atoms. The van der Waals surface area contributed by atoms with Crippen LogP contribution in [0.3, 0.4) is 0 Å². The monoisotopic (exact) mass is 322 g/mol. The molecular weight excluding hydrogens is 303 g/mol. The number of carbonyl (C=O) groups excluding carboxylic acids is 1. The molecule has 1 amide bonds. The van der Waals surface area contributed by atoms with Crippen LogP contribution in [0.2, 0.25) is 5.02 Å². The normalized spacial score (nSPS) is 13.3. The number of halogens is 2. The highest BCUT2D eigenvalue weighted by molar-refractivity contribution is 7.98. The highest BCUT2D eigenvalue weighted by Crippen LogP contribution is 2.28. The summed E-state index contributed by atoms with van der Waals surface area (Å²) in [6, 6.07) is 4.97. The van der Waals surface area contributed by atoms with E-state index in [9.17, 15) is 4.79 Å². The second-order valence-corrected chi connectivity index (χ2v) is 5.51. The highest BCUT2D eigenvalue weighted by atomic mass is 35.5. The minimum absolute atomic E-state index is 0. The van der Waals surface area contributed by atoms with E-state index in [0.717, 1.165) is 11.3 Å². The molecule has 108 valence electrons. The van der Waals surface area contributed by atoms with E-state index in [1.165, 1.54) is 0 Å². The van der Waals surface area contributed by atoms with Crippen LogP contribution in [-0.4, -0.2) is 18.2 Å². The number of anilines is 1. The Labute approximate surface area is 130 Å². The molecule has 1 rings (SSSR count). The Morgan fingerprint density at radius 3 is 2.63 bits per heavy atom. The van der Waals surface area contributed by atoms with E-state index in [1.54, 1.807) is 17.8 Å². The van der Waals surface area contributed by atoms with Crippen molar-refractivity contribution in [2.24, 2.45) is 11.7 Å². The number of amides is 1. The van der Waals surface area contributed by atoms with Gasteiger partial charge in [0.15, 0.2) is 0 Å². The molecule has 2 atom stereocenters. The Kier molecular flexibility index (Phi) is 8.50. The van der Waals surface area contributed by atoms with Crippen molar-refractivity contribution in [3.8, 4) is 0 Å². The van der Waals surface area contributed by atoms with E-state index in [0.29, 0.717) is 10.7 Å². The summed E-state index contributed by atoms with van der Waals surface area (Å²) in [5.74, 6) is -0.0109. The van der Waals surface area contributed by atoms with Gasteiger partial charge in [-0.05, 0) is 30.4 Å². The molecule has 0 radical (unpaired) electrons. The summed E-state index contributed by atoms with van der Waals surface area (Å²) < 4.78 is 0. The lowest BCUT2D eigenvalue weighted by molar-refractivity contribution is -0.118. The van der Waals surface area contributed by atoms with Crippen LogP contribution in [0.4, 0.5) is 5.69 Å². The predicted octanol–water partition coefficient (Wildman–Crippen LogP) is 3.80. The van der Waals surface area contributed by atoms with Crippen LogP contribution in [0, 0.1) is 5.92 Å². The van der Waals surface area contributed by atoms with Gasteiger partial charge in [0.25, 0.3) is 0 Å². The van der Waals surface area contributed by atoms with E-state index in [4.69, 9.17) is 17.3 Å². The van der Waals surface area contributed by atoms with Crippen LogP contribution in [0.25, 0.3) is 0 Å². The van der Waals surface area contributed by atoms with E-state index in [1.807, 2.05) is 32.2 Å². The summed E-state index contributed by atoms with van der Waals surface area (Å²) in [7, 11) is 0. The second kappa shape index (κ2) is 8.69. The van der Waals surface area contributed by atoms with E-state index < -0.39 is 6.04 Å². The largest absolute Gasteiger partial charge is 0.325 e. The summed E-state index contributed by atoms with van der Waals surface area (Å²) >= 11 is 7.65. The second-order valence-electron chi connectivity index (χ2n) is 4.25. The van der Waals surface area contributed by atoms with Crippen molar-refractivity contribution in [3.05, 3.63) is 23.2 Å². The summed E-state index contributed by atoms with van der Waals surface area (Å²) in [4.78, 5) is 12.9. The van der Waals surface area contributed by atoms with Crippen molar-refractivity contribution in [2.75, 3.05) is 11.6 Å². The molecule has 0 aliphatic rings. The Morgan fingerprint density at radius 1 is 1.53 bits per heavy atom. The lowest BCUT2D eigenvalue weighted by atomic mass is 9.99. The molecule has 0 heterocycles. The van der Waals surface area contributed by atoms with Crippen molar-refractivity contribution in [1.29, 1.82) is 0 Å². The topological polar surface area (TPSA) is 55.1 Å². The third kappa shape index (κ3) is 5.22. The summed E-state index contributed by atoms with van der Waals surface area (Å²) in [6.45, 7) is 3.98. The maximum atomic E-state index is 11.9. The molecule has 0 bridgehead atoms. The maximum absolute atomic E-state index is 11.9. The number of nitrogens with two attached hydrogens (primary N) is 1. The summed E-state index contributed by atoms with van der Waals surface area (Å²) in [5.41, 5.74) is 6.55. The maximum Gasteiger partial charge on any atom is 0.241 e. The van der Waals surface area contributed by atoms with Gasteiger partial charge < -0.3 is 11.1 Å². The standard InChI is InChI=1S/C13H19ClN2OS.ClH/c1-4-8(2)12(15)13(17)16-9-5-6-11(18-3)10(14)7-9;/h5-8,12H,4,15H2,1-3H3,(H,16,17);1H. The van der Waals surface area contributed by atoms with E-state index in [2.05, 4.69) is 5.32 Å². The Balaban J connectivity index is 0.00000324.